The molecule has 1 N–H and O–H groups in total. The van der Waals surface area contributed by atoms with Gasteiger partial charge in [-0.3, -0.25) is 0 Å². The fourth-order valence-electron chi connectivity index (χ4n) is 2.96. The Kier molecular flexibility index (Phi) is 3.87. The van der Waals surface area contributed by atoms with Crippen LogP contribution in [0.4, 0.5) is 14.6 Å². The lowest BCUT2D eigenvalue weighted by Crippen LogP contribution is -2.27. The van der Waals surface area contributed by atoms with Crippen molar-refractivity contribution in [1.82, 2.24) is 19.5 Å². The largest absolute Gasteiger partial charge is 0.365 e. The molecule has 1 aliphatic rings. The summed E-state index contributed by atoms with van der Waals surface area (Å²) in [5.74, 6) is -0.678. The van der Waals surface area contributed by atoms with E-state index in [9.17, 15) is 8.78 Å². The summed E-state index contributed by atoms with van der Waals surface area (Å²) in [5.41, 5.74) is 1.36. The van der Waals surface area contributed by atoms with E-state index in [0.717, 1.165) is 18.9 Å². The fourth-order valence-corrected chi connectivity index (χ4v) is 3.09. The quantitative estimate of drug-likeness (QED) is 0.655. The molecule has 1 aliphatic carbocycles. The van der Waals surface area contributed by atoms with Gasteiger partial charge in [-0.1, -0.05) is 0 Å². The summed E-state index contributed by atoms with van der Waals surface area (Å²) in [4.78, 5) is 12.9. The minimum absolute atomic E-state index is 0.117. The SMILES string of the molecule is CC(C)(C)Nc1nc(Cl)ncc1-c1nc2cc(F)c(F)cc2n1C1CC1. The van der Waals surface area contributed by atoms with Gasteiger partial charge in [0.15, 0.2) is 11.6 Å². The summed E-state index contributed by atoms with van der Waals surface area (Å²) in [6, 6.07) is 2.53. The molecular formula is C18H18ClF2N5. The number of halogens is 3. The fraction of sp³-hybridized carbons (Fsp3) is 0.389. The van der Waals surface area contributed by atoms with Gasteiger partial charge in [0.2, 0.25) is 5.28 Å². The predicted molar refractivity (Wildman–Crippen MR) is 97.3 cm³/mol. The number of hydrogen-bond acceptors (Lipinski definition) is 4. The Hall–Kier alpha value is -2.28. The molecule has 26 heavy (non-hydrogen) atoms. The topological polar surface area (TPSA) is 55.6 Å². The van der Waals surface area contributed by atoms with E-state index in [4.69, 9.17) is 11.6 Å². The Bertz CT molecular complexity index is 1000. The molecule has 4 rings (SSSR count). The molecule has 136 valence electrons. The number of fused-ring (bicyclic) bond motifs is 1. The van der Waals surface area contributed by atoms with Crippen LogP contribution in [0, 0.1) is 11.6 Å². The summed E-state index contributed by atoms with van der Waals surface area (Å²) in [7, 11) is 0. The van der Waals surface area contributed by atoms with Gasteiger partial charge in [0.05, 0.1) is 16.6 Å². The van der Waals surface area contributed by atoms with E-state index in [2.05, 4.69) is 20.3 Å². The van der Waals surface area contributed by atoms with Crippen LogP contribution in [0.5, 0.6) is 0 Å². The molecule has 0 aliphatic heterocycles. The van der Waals surface area contributed by atoms with Crippen molar-refractivity contribution in [2.45, 2.75) is 45.2 Å². The van der Waals surface area contributed by atoms with Crippen molar-refractivity contribution in [2.75, 3.05) is 5.32 Å². The second kappa shape index (κ2) is 5.87. The van der Waals surface area contributed by atoms with Crippen molar-refractivity contribution in [3.8, 4) is 11.4 Å². The molecule has 0 saturated heterocycles. The molecule has 2 heterocycles. The average Bonchev–Trinajstić information content (AvgIpc) is 3.29. The van der Waals surface area contributed by atoms with Gasteiger partial charge in [-0.05, 0) is 45.2 Å². The highest BCUT2D eigenvalue weighted by atomic mass is 35.5. The van der Waals surface area contributed by atoms with E-state index >= 15 is 0 Å². The van der Waals surface area contributed by atoms with Crippen LogP contribution >= 0.6 is 11.6 Å². The Morgan fingerprint density at radius 3 is 2.50 bits per heavy atom. The van der Waals surface area contributed by atoms with Crippen molar-refractivity contribution in [2.24, 2.45) is 0 Å². The average molecular weight is 378 g/mol. The molecule has 0 bridgehead atoms. The first-order valence-corrected chi connectivity index (χ1v) is 8.79. The second-order valence-corrected chi connectivity index (χ2v) is 7.91. The van der Waals surface area contributed by atoms with Gasteiger partial charge in [-0.2, -0.15) is 0 Å². The minimum atomic E-state index is -0.912. The highest BCUT2D eigenvalue weighted by Gasteiger charge is 2.31. The number of hydrogen-bond donors (Lipinski definition) is 1. The maximum atomic E-state index is 13.8. The summed E-state index contributed by atoms with van der Waals surface area (Å²) in [6.45, 7) is 6.00. The van der Waals surface area contributed by atoms with Gasteiger partial charge in [-0.15, -0.1) is 0 Å². The van der Waals surface area contributed by atoms with Crippen molar-refractivity contribution in [3.63, 3.8) is 0 Å². The van der Waals surface area contributed by atoms with Crippen molar-refractivity contribution in [3.05, 3.63) is 35.2 Å². The van der Waals surface area contributed by atoms with Crippen LogP contribution in [0.25, 0.3) is 22.4 Å². The van der Waals surface area contributed by atoms with E-state index in [1.165, 1.54) is 6.07 Å². The zero-order valence-electron chi connectivity index (χ0n) is 14.6. The first-order valence-electron chi connectivity index (χ1n) is 8.41. The molecule has 0 spiro atoms. The van der Waals surface area contributed by atoms with E-state index < -0.39 is 11.6 Å². The number of anilines is 1. The first kappa shape index (κ1) is 17.1. The van der Waals surface area contributed by atoms with E-state index in [1.54, 1.807) is 6.20 Å². The van der Waals surface area contributed by atoms with Gasteiger partial charge in [0, 0.05) is 29.9 Å². The number of nitrogens with zero attached hydrogens (tertiary/aromatic N) is 4. The molecule has 0 atom stereocenters. The van der Waals surface area contributed by atoms with E-state index in [0.29, 0.717) is 28.2 Å². The monoisotopic (exact) mass is 377 g/mol. The van der Waals surface area contributed by atoms with Gasteiger partial charge >= 0.3 is 0 Å². The maximum Gasteiger partial charge on any atom is 0.224 e. The van der Waals surface area contributed by atoms with Gasteiger partial charge in [0.25, 0.3) is 0 Å². The van der Waals surface area contributed by atoms with E-state index in [1.807, 2.05) is 25.3 Å². The van der Waals surface area contributed by atoms with Crippen LogP contribution in [-0.4, -0.2) is 25.1 Å². The molecule has 5 nitrogen and oxygen atoms in total. The molecule has 2 aromatic heterocycles. The lowest BCUT2D eigenvalue weighted by Gasteiger charge is -2.23. The van der Waals surface area contributed by atoms with Crippen LogP contribution in [0.15, 0.2) is 18.3 Å². The molecule has 0 amide bonds. The lowest BCUT2D eigenvalue weighted by atomic mass is 10.1. The number of nitrogens with one attached hydrogen (secondary N) is 1. The van der Waals surface area contributed by atoms with Gasteiger partial charge < -0.3 is 9.88 Å². The van der Waals surface area contributed by atoms with Crippen LogP contribution in [-0.2, 0) is 0 Å². The second-order valence-electron chi connectivity index (χ2n) is 7.57. The highest BCUT2D eigenvalue weighted by molar-refractivity contribution is 6.28. The third-order valence-corrected chi connectivity index (χ3v) is 4.32. The summed E-state index contributed by atoms with van der Waals surface area (Å²) < 4.78 is 29.4. The molecule has 3 aromatic rings. The molecular weight excluding hydrogens is 360 g/mol. The van der Waals surface area contributed by atoms with Gasteiger partial charge in [0.1, 0.15) is 11.6 Å². The molecule has 1 saturated carbocycles. The number of rotatable bonds is 3. The molecule has 0 unspecified atom stereocenters. The molecule has 1 aromatic carbocycles. The highest BCUT2D eigenvalue weighted by Crippen LogP contribution is 2.42. The normalized spacial score (nSPS) is 14.8. The molecule has 0 radical (unpaired) electrons. The number of benzene rings is 1. The van der Waals surface area contributed by atoms with Crippen LogP contribution < -0.4 is 5.32 Å². The van der Waals surface area contributed by atoms with Crippen molar-refractivity contribution >= 4 is 28.5 Å². The van der Waals surface area contributed by atoms with Crippen LogP contribution in [0.2, 0.25) is 5.28 Å². The van der Waals surface area contributed by atoms with E-state index in [-0.39, 0.29) is 16.9 Å². The first-order chi connectivity index (χ1) is 12.2. The molecule has 1 fully saturated rings. The Morgan fingerprint density at radius 2 is 1.85 bits per heavy atom. The minimum Gasteiger partial charge on any atom is -0.365 e. The zero-order chi connectivity index (χ0) is 18.6. The predicted octanol–water partition coefficient (Wildman–Crippen LogP) is 4.97. The number of imidazole rings is 1. The van der Waals surface area contributed by atoms with Crippen molar-refractivity contribution in [1.29, 1.82) is 0 Å². The third kappa shape index (κ3) is 3.11. The smallest absolute Gasteiger partial charge is 0.224 e. The van der Waals surface area contributed by atoms with Crippen molar-refractivity contribution < 1.29 is 8.78 Å². The summed E-state index contributed by atoms with van der Waals surface area (Å²) >= 11 is 5.98. The van der Waals surface area contributed by atoms with Crippen LogP contribution in [0.3, 0.4) is 0 Å². The Labute approximate surface area is 154 Å². The standard InChI is InChI=1S/C18H18ClF2N5/c1-18(2,3)25-15-10(8-22-17(19)24-15)16-23-13-6-11(20)12(21)7-14(13)26(16)9-4-5-9/h6-9H,4-5H2,1-3H3,(H,22,24,25). The summed E-state index contributed by atoms with van der Waals surface area (Å²) in [6.07, 6.45) is 3.53. The maximum absolute atomic E-state index is 13.8. The lowest BCUT2D eigenvalue weighted by molar-refractivity contribution is 0.510. The summed E-state index contributed by atoms with van der Waals surface area (Å²) in [5, 5.41) is 3.42. The molecule has 8 heteroatoms. The Balaban J connectivity index is 1.96. The van der Waals surface area contributed by atoms with Crippen LogP contribution in [0.1, 0.15) is 39.7 Å². The third-order valence-electron chi connectivity index (χ3n) is 4.14. The zero-order valence-corrected chi connectivity index (χ0v) is 15.4. The number of aromatic nitrogens is 4. The van der Waals surface area contributed by atoms with Gasteiger partial charge in [-0.25, -0.2) is 23.7 Å². The Morgan fingerprint density at radius 1 is 1.15 bits per heavy atom.